The van der Waals surface area contributed by atoms with Crippen molar-refractivity contribution in [1.82, 2.24) is 24.9 Å². The van der Waals surface area contributed by atoms with E-state index in [-0.39, 0.29) is 35.2 Å². The minimum absolute atomic E-state index is 0.00554. The maximum absolute atomic E-state index is 14.9. The molecular weight excluding hydrogens is 487 g/mol. The van der Waals surface area contributed by atoms with Gasteiger partial charge >= 0.3 is 6.18 Å². The van der Waals surface area contributed by atoms with Crippen molar-refractivity contribution >= 4 is 33.2 Å². The first-order valence-electron chi connectivity index (χ1n) is 9.54. The number of nitrogens with one attached hydrogen (secondary N) is 3. The van der Waals surface area contributed by atoms with Crippen molar-refractivity contribution in [3.8, 4) is 11.4 Å². The quantitative estimate of drug-likeness (QED) is 0.374. The van der Waals surface area contributed by atoms with Crippen LogP contribution >= 0.6 is 0 Å². The van der Waals surface area contributed by atoms with Crippen molar-refractivity contribution < 1.29 is 30.4 Å². The SMILES string of the molecule is CCCS(=O)(=O)Nc1ncc(F)c(Nc2nccnc2-c2cc(NCC(F)(F)F)ncn2)c1F. The molecule has 3 rings (SSSR count). The molecule has 0 aliphatic heterocycles. The summed E-state index contributed by atoms with van der Waals surface area (Å²) < 4.78 is 92.5. The van der Waals surface area contributed by atoms with Gasteiger partial charge in [-0.2, -0.15) is 13.2 Å². The number of aromatic nitrogens is 5. The number of anilines is 4. The van der Waals surface area contributed by atoms with Crippen molar-refractivity contribution in [1.29, 1.82) is 0 Å². The predicted molar refractivity (Wildman–Crippen MR) is 113 cm³/mol. The molecule has 0 saturated carbocycles. The van der Waals surface area contributed by atoms with E-state index in [2.05, 4.69) is 35.6 Å². The number of pyridine rings is 1. The summed E-state index contributed by atoms with van der Waals surface area (Å²) in [6.07, 6.45) is -0.232. The van der Waals surface area contributed by atoms with Gasteiger partial charge in [0.15, 0.2) is 23.3 Å². The highest BCUT2D eigenvalue weighted by atomic mass is 32.2. The van der Waals surface area contributed by atoms with E-state index in [1.54, 1.807) is 6.92 Å². The highest BCUT2D eigenvalue weighted by molar-refractivity contribution is 7.92. The molecule has 10 nitrogen and oxygen atoms in total. The molecule has 0 aliphatic carbocycles. The van der Waals surface area contributed by atoms with Gasteiger partial charge in [-0.3, -0.25) is 4.72 Å². The van der Waals surface area contributed by atoms with E-state index in [4.69, 9.17) is 0 Å². The van der Waals surface area contributed by atoms with Crippen LogP contribution in [-0.4, -0.2) is 51.8 Å². The normalized spacial score (nSPS) is 11.8. The monoisotopic (exact) mass is 504 g/mol. The molecule has 34 heavy (non-hydrogen) atoms. The Morgan fingerprint density at radius 1 is 1.00 bits per heavy atom. The van der Waals surface area contributed by atoms with Crippen LogP contribution in [0, 0.1) is 11.6 Å². The van der Waals surface area contributed by atoms with Crippen molar-refractivity contribution in [2.75, 3.05) is 27.7 Å². The van der Waals surface area contributed by atoms with Crippen LogP contribution < -0.4 is 15.4 Å². The summed E-state index contributed by atoms with van der Waals surface area (Å²) in [5, 5.41) is 4.47. The smallest absolute Gasteiger partial charge is 0.361 e. The number of alkyl halides is 3. The highest BCUT2D eigenvalue weighted by Crippen LogP contribution is 2.31. The Hall–Kier alpha value is -3.69. The van der Waals surface area contributed by atoms with Crippen molar-refractivity contribution in [3.63, 3.8) is 0 Å². The minimum atomic E-state index is -4.49. The van der Waals surface area contributed by atoms with Gasteiger partial charge in [-0.05, 0) is 6.42 Å². The molecule has 0 atom stereocenters. The maximum Gasteiger partial charge on any atom is 0.405 e. The van der Waals surface area contributed by atoms with E-state index in [0.29, 0.717) is 6.20 Å². The van der Waals surface area contributed by atoms with E-state index in [1.807, 2.05) is 4.72 Å². The molecule has 3 heterocycles. The minimum Gasteiger partial charge on any atom is -0.361 e. The van der Waals surface area contributed by atoms with Crippen LogP contribution in [0.2, 0.25) is 0 Å². The summed E-state index contributed by atoms with van der Waals surface area (Å²) in [5.74, 6) is -3.93. The standard InChI is InChI=1S/C18H17F5N8O2S/c1-2-5-34(32,33)31-16-13(20)14(10(19)7-26-16)30-17-15(24-3-4-25-17)11-6-12(29-9-28-11)27-8-18(21,22)23/h3-4,6-7,9H,2,5,8H2,1H3,(H,27,28,29)(H2,25,26,30,31). The lowest BCUT2D eigenvalue weighted by molar-refractivity contribution is -0.115. The maximum atomic E-state index is 14.9. The zero-order valence-electron chi connectivity index (χ0n) is 17.4. The number of hydrogen-bond donors (Lipinski definition) is 3. The first kappa shape index (κ1) is 24.9. The van der Waals surface area contributed by atoms with Crippen molar-refractivity contribution in [3.05, 3.63) is 42.6 Å². The lowest BCUT2D eigenvalue weighted by atomic mass is 10.2. The fourth-order valence-corrected chi connectivity index (χ4v) is 3.70. The Balaban J connectivity index is 1.94. The fraction of sp³-hybridized carbons (Fsp3) is 0.278. The van der Waals surface area contributed by atoms with Crippen LogP contribution in [0.25, 0.3) is 11.4 Å². The third kappa shape index (κ3) is 6.43. The summed E-state index contributed by atoms with van der Waals surface area (Å²) >= 11 is 0. The molecule has 0 saturated heterocycles. The third-order valence-electron chi connectivity index (χ3n) is 4.02. The fourth-order valence-electron chi connectivity index (χ4n) is 2.63. The molecule has 0 aliphatic rings. The molecular formula is C18H17F5N8O2S. The van der Waals surface area contributed by atoms with Gasteiger partial charge in [0.1, 0.15) is 30.1 Å². The first-order valence-corrected chi connectivity index (χ1v) is 11.2. The van der Waals surface area contributed by atoms with E-state index < -0.39 is 45.9 Å². The molecule has 0 unspecified atom stereocenters. The Labute approximate surface area is 190 Å². The molecule has 0 fully saturated rings. The van der Waals surface area contributed by atoms with E-state index in [9.17, 15) is 30.4 Å². The molecule has 182 valence electrons. The number of sulfonamides is 1. The zero-order valence-corrected chi connectivity index (χ0v) is 18.2. The lowest BCUT2D eigenvalue weighted by Crippen LogP contribution is -2.21. The van der Waals surface area contributed by atoms with Crippen LogP contribution in [0.1, 0.15) is 13.3 Å². The largest absolute Gasteiger partial charge is 0.405 e. The van der Waals surface area contributed by atoms with Gasteiger partial charge in [-0.15, -0.1) is 0 Å². The Bertz CT molecular complexity index is 1270. The molecule has 3 aromatic rings. The molecule has 0 aromatic carbocycles. The van der Waals surface area contributed by atoms with Gasteiger partial charge < -0.3 is 10.6 Å². The lowest BCUT2D eigenvalue weighted by Gasteiger charge is -2.14. The average molecular weight is 504 g/mol. The molecule has 3 N–H and O–H groups in total. The van der Waals surface area contributed by atoms with E-state index in [0.717, 1.165) is 12.4 Å². The number of hydrogen-bond acceptors (Lipinski definition) is 9. The third-order valence-corrected chi connectivity index (χ3v) is 5.47. The van der Waals surface area contributed by atoms with Crippen LogP contribution in [0.15, 0.2) is 31.0 Å². The second kappa shape index (κ2) is 10.1. The van der Waals surface area contributed by atoms with Gasteiger partial charge in [0, 0.05) is 18.5 Å². The molecule has 0 bridgehead atoms. The zero-order chi connectivity index (χ0) is 24.9. The summed E-state index contributed by atoms with van der Waals surface area (Å²) in [6, 6.07) is 1.14. The summed E-state index contributed by atoms with van der Waals surface area (Å²) in [4.78, 5) is 19.0. The predicted octanol–water partition coefficient (Wildman–Crippen LogP) is 3.48. The topological polar surface area (TPSA) is 135 Å². The van der Waals surface area contributed by atoms with Crippen LogP contribution in [0.4, 0.5) is 45.1 Å². The Kier molecular flexibility index (Phi) is 7.38. The number of rotatable bonds is 9. The molecule has 0 amide bonds. The second-order valence-electron chi connectivity index (χ2n) is 6.70. The average Bonchev–Trinajstić information content (AvgIpc) is 2.77. The van der Waals surface area contributed by atoms with Crippen LogP contribution in [0.3, 0.4) is 0 Å². The molecule has 16 heteroatoms. The van der Waals surface area contributed by atoms with Gasteiger partial charge in [0.05, 0.1) is 17.6 Å². The molecule has 0 radical (unpaired) electrons. The highest BCUT2D eigenvalue weighted by Gasteiger charge is 2.27. The summed E-state index contributed by atoms with van der Waals surface area (Å²) in [5.41, 5.74) is -0.854. The Morgan fingerprint density at radius 3 is 2.44 bits per heavy atom. The second-order valence-corrected chi connectivity index (χ2v) is 8.54. The van der Waals surface area contributed by atoms with Gasteiger partial charge in [0.2, 0.25) is 10.0 Å². The number of nitrogens with zero attached hydrogens (tertiary/aromatic N) is 5. The molecule has 0 spiro atoms. The first-order chi connectivity index (χ1) is 16.0. The van der Waals surface area contributed by atoms with E-state index in [1.165, 1.54) is 12.4 Å². The van der Waals surface area contributed by atoms with Crippen LogP contribution in [0.5, 0.6) is 0 Å². The summed E-state index contributed by atoms with van der Waals surface area (Å²) in [6.45, 7) is 0.257. The van der Waals surface area contributed by atoms with Gasteiger partial charge in [0.25, 0.3) is 0 Å². The van der Waals surface area contributed by atoms with Crippen molar-refractivity contribution in [2.24, 2.45) is 0 Å². The Morgan fingerprint density at radius 2 is 1.74 bits per heavy atom. The van der Waals surface area contributed by atoms with Gasteiger partial charge in [-0.25, -0.2) is 42.1 Å². The van der Waals surface area contributed by atoms with Crippen LogP contribution in [-0.2, 0) is 10.0 Å². The molecule has 3 aromatic heterocycles. The van der Waals surface area contributed by atoms with E-state index >= 15 is 0 Å². The van der Waals surface area contributed by atoms with Crippen molar-refractivity contribution in [2.45, 2.75) is 19.5 Å². The number of halogens is 5. The summed E-state index contributed by atoms with van der Waals surface area (Å²) in [7, 11) is -3.92. The van der Waals surface area contributed by atoms with Gasteiger partial charge in [-0.1, -0.05) is 6.92 Å².